The van der Waals surface area contributed by atoms with Crippen molar-refractivity contribution in [2.75, 3.05) is 38.5 Å². The van der Waals surface area contributed by atoms with Crippen molar-refractivity contribution in [3.05, 3.63) is 107 Å². The molecule has 1 N–H and O–H groups in total. The zero-order valence-electron chi connectivity index (χ0n) is 22.1. The molecule has 4 rings (SSSR count). The molecule has 0 aliphatic carbocycles. The number of carbonyl (C=O) groups is 1. The number of halogens is 1. The SMILES string of the molecule is COc1ccc(CCN(C)c2cc(Cl)nc(SCC(=O)NC(c3ccccc3)c3ccccc3)n2)cc1OC. The largest absolute Gasteiger partial charge is 0.493 e. The van der Waals surface area contributed by atoms with Crippen molar-refractivity contribution in [1.29, 1.82) is 0 Å². The topological polar surface area (TPSA) is 76.6 Å². The molecule has 0 saturated carbocycles. The maximum absolute atomic E-state index is 13.0. The van der Waals surface area contributed by atoms with E-state index in [4.69, 9.17) is 21.1 Å². The molecule has 202 valence electrons. The van der Waals surface area contributed by atoms with E-state index in [0.29, 0.717) is 34.2 Å². The van der Waals surface area contributed by atoms with Gasteiger partial charge in [0.1, 0.15) is 11.0 Å². The lowest BCUT2D eigenvalue weighted by atomic mass is 9.99. The third kappa shape index (κ3) is 7.88. The van der Waals surface area contributed by atoms with E-state index in [0.717, 1.165) is 23.1 Å². The summed E-state index contributed by atoms with van der Waals surface area (Å²) in [7, 11) is 5.19. The number of benzene rings is 3. The summed E-state index contributed by atoms with van der Waals surface area (Å²) in [6.07, 6.45) is 0.768. The number of amides is 1. The van der Waals surface area contributed by atoms with Gasteiger partial charge in [-0.2, -0.15) is 0 Å². The Bertz CT molecular complexity index is 1340. The van der Waals surface area contributed by atoms with Crippen molar-refractivity contribution in [3.8, 4) is 11.5 Å². The maximum Gasteiger partial charge on any atom is 0.231 e. The van der Waals surface area contributed by atoms with Gasteiger partial charge in [0, 0.05) is 19.7 Å². The molecule has 4 aromatic rings. The molecular weight excluding hydrogens is 532 g/mol. The van der Waals surface area contributed by atoms with Crippen molar-refractivity contribution in [1.82, 2.24) is 15.3 Å². The van der Waals surface area contributed by atoms with Gasteiger partial charge in [-0.15, -0.1) is 0 Å². The molecule has 1 heterocycles. The van der Waals surface area contributed by atoms with Crippen LogP contribution in [0.3, 0.4) is 0 Å². The summed E-state index contributed by atoms with van der Waals surface area (Å²) in [4.78, 5) is 24.0. The van der Waals surface area contributed by atoms with E-state index in [1.165, 1.54) is 11.8 Å². The van der Waals surface area contributed by atoms with Crippen molar-refractivity contribution in [2.24, 2.45) is 0 Å². The Labute approximate surface area is 238 Å². The quantitative estimate of drug-likeness (QED) is 0.132. The second kappa shape index (κ2) is 13.9. The van der Waals surface area contributed by atoms with Gasteiger partial charge >= 0.3 is 0 Å². The third-order valence-electron chi connectivity index (χ3n) is 6.14. The van der Waals surface area contributed by atoms with Gasteiger partial charge in [0.2, 0.25) is 5.91 Å². The highest BCUT2D eigenvalue weighted by molar-refractivity contribution is 7.99. The lowest BCUT2D eigenvalue weighted by Gasteiger charge is -2.20. The molecule has 0 unspecified atom stereocenters. The van der Waals surface area contributed by atoms with Gasteiger partial charge in [-0.1, -0.05) is 90.1 Å². The number of aromatic nitrogens is 2. The predicted molar refractivity (Wildman–Crippen MR) is 157 cm³/mol. The lowest BCUT2D eigenvalue weighted by Crippen LogP contribution is -2.30. The number of nitrogens with zero attached hydrogens (tertiary/aromatic N) is 3. The number of hydrogen-bond acceptors (Lipinski definition) is 7. The zero-order valence-corrected chi connectivity index (χ0v) is 23.7. The second-order valence-electron chi connectivity index (χ2n) is 8.80. The minimum absolute atomic E-state index is 0.121. The second-order valence-corrected chi connectivity index (χ2v) is 10.1. The lowest BCUT2D eigenvalue weighted by molar-refractivity contribution is -0.119. The summed E-state index contributed by atoms with van der Waals surface area (Å²) in [5.41, 5.74) is 3.14. The number of ether oxygens (including phenoxy) is 2. The summed E-state index contributed by atoms with van der Waals surface area (Å²) in [5.74, 6) is 2.11. The summed E-state index contributed by atoms with van der Waals surface area (Å²) in [6, 6.07) is 27.2. The monoisotopic (exact) mass is 562 g/mol. The number of rotatable bonds is 12. The Hall–Kier alpha value is -3.75. The van der Waals surface area contributed by atoms with Gasteiger partial charge < -0.3 is 19.7 Å². The first-order chi connectivity index (χ1) is 19.0. The molecule has 0 saturated heterocycles. The number of hydrogen-bond donors (Lipinski definition) is 1. The zero-order chi connectivity index (χ0) is 27.6. The molecule has 39 heavy (non-hydrogen) atoms. The molecule has 9 heteroatoms. The van der Waals surface area contributed by atoms with Gasteiger partial charge in [-0.05, 0) is 35.2 Å². The Balaban J connectivity index is 1.38. The first-order valence-electron chi connectivity index (χ1n) is 12.5. The smallest absolute Gasteiger partial charge is 0.231 e. The molecular formula is C30H31ClN4O3S. The number of carbonyl (C=O) groups excluding carboxylic acids is 1. The standard InChI is InChI=1S/C30H31ClN4O3S/c1-35(17-16-21-14-15-24(37-2)25(18-21)38-3)27-19-26(31)32-30(33-27)39-20-28(36)34-29(22-10-6-4-7-11-22)23-12-8-5-9-13-23/h4-15,18-19,29H,16-17,20H2,1-3H3,(H,34,36). The molecule has 3 aromatic carbocycles. The summed E-state index contributed by atoms with van der Waals surface area (Å²) in [6.45, 7) is 0.698. The predicted octanol–water partition coefficient (Wildman–Crippen LogP) is 5.82. The van der Waals surface area contributed by atoms with Crippen LogP contribution in [0, 0.1) is 0 Å². The Morgan fingerprint density at radius 1 is 0.923 bits per heavy atom. The van der Waals surface area contributed by atoms with Crippen LogP contribution < -0.4 is 19.7 Å². The fourth-order valence-corrected chi connectivity index (χ4v) is 4.97. The van der Waals surface area contributed by atoms with Crippen LogP contribution in [0.25, 0.3) is 0 Å². The van der Waals surface area contributed by atoms with Crippen molar-refractivity contribution >= 4 is 35.1 Å². The highest BCUT2D eigenvalue weighted by Crippen LogP contribution is 2.28. The van der Waals surface area contributed by atoms with Crippen LogP contribution in [0.2, 0.25) is 5.15 Å². The Kier molecular flexibility index (Phi) is 10.1. The van der Waals surface area contributed by atoms with E-state index in [-0.39, 0.29) is 17.7 Å². The van der Waals surface area contributed by atoms with Crippen LogP contribution in [0.5, 0.6) is 11.5 Å². The van der Waals surface area contributed by atoms with Crippen LogP contribution >= 0.6 is 23.4 Å². The molecule has 0 bridgehead atoms. The van der Waals surface area contributed by atoms with Crippen LogP contribution in [-0.2, 0) is 11.2 Å². The van der Waals surface area contributed by atoms with Gasteiger partial charge in [0.15, 0.2) is 16.7 Å². The highest BCUT2D eigenvalue weighted by atomic mass is 35.5. The van der Waals surface area contributed by atoms with Crippen LogP contribution in [0.1, 0.15) is 22.7 Å². The summed E-state index contributed by atoms with van der Waals surface area (Å²) in [5, 5.41) is 3.92. The number of likely N-dealkylation sites (N-methyl/N-ethyl adjacent to an activating group) is 1. The van der Waals surface area contributed by atoms with E-state index >= 15 is 0 Å². The number of methoxy groups -OCH3 is 2. The molecule has 0 aliphatic heterocycles. The summed E-state index contributed by atoms with van der Waals surface area (Å²) >= 11 is 7.58. The normalized spacial score (nSPS) is 10.8. The van der Waals surface area contributed by atoms with Gasteiger partial charge in [-0.3, -0.25) is 4.79 Å². The van der Waals surface area contributed by atoms with Crippen LogP contribution in [0.15, 0.2) is 90.1 Å². The van der Waals surface area contributed by atoms with Crippen molar-refractivity contribution in [3.63, 3.8) is 0 Å². The maximum atomic E-state index is 13.0. The first-order valence-corrected chi connectivity index (χ1v) is 13.8. The molecule has 0 fully saturated rings. The first kappa shape index (κ1) is 28.3. The molecule has 0 radical (unpaired) electrons. The molecule has 1 amide bonds. The van der Waals surface area contributed by atoms with E-state index in [1.54, 1.807) is 20.3 Å². The van der Waals surface area contributed by atoms with Gasteiger partial charge in [-0.25, -0.2) is 9.97 Å². The molecule has 0 spiro atoms. The van der Waals surface area contributed by atoms with Crippen molar-refractivity contribution in [2.45, 2.75) is 17.6 Å². The molecule has 0 aliphatic rings. The van der Waals surface area contributed by atoms with Crippen molar-refractivity contribution < 1.29 is 14.3 Å². The number of anilines is 1. The van der Waals surface area contributed by atoms with Crippen LogP contribution in [-0.4, -0.2) is 49.4 Å². The average Bonchev–Trinajstić information content (AvgIpc) is 2.98. The Morgan fingerprint density at radius 2 is 1.56 bits per heavy atom. The van der Waals surface area contributed by atoms with Gasteiger partial charge in [0.25, 0.3) is 0 Å². The summed E-state index contributed by atoms with van der Waals surface area (Å²) < 4.78 is 10.7. The fraction of sp³-hybridized carbons (Fsp3) is 0.233. The Morgan fingerprint density at radius 3 is 2.18 bits per heavy atom. The number of thioether (sulfide) groups is 1. The molecule has 7 nitrogen and oxygen atoms in total. The van der Waals surface area contributed by atoms with E-state index < -0.39 is 0 Å². The van der Waals surface area contributed by atoms with Crippen LogP contribution in [0.4, 0.5) is 5.82 Å². The molecule has 1 aromatic heterocycles. The average molecular weight is 563 g/mol. The van der Waals surface area contributed by atoms with E-state index in [9.17, 15) is 4.79 Å². The van der Waals surface area contributed by atoms with Gasteiger partial charge in [0.05, 0.1) is 26.0 Å². The fourth-order valence-electron chi connectivity index (χ4n) is 4.08. The highest BCUT2D eigenvalue weighted by Gasteiger charge is 2.18. The van der Waals surface area contributed by atoms with E-state index in [1.807, 2.05) is 90.8 Å². The minimum Gasteiger partial charge on any atom is -0.493 e. The third-order valence-corrected chi connectivity index (χ3v) is 7.18. The number of nitrogens with one attached hydrogen (secondary N) is 1. The minimum atomic E-state index is -0.251. The molecule has 0 atom stereocenters. The van der Waals surface area contributed by atoms with E-state index in [2.05, 4.69) is 15.3 Å².